The predicted octanol–water partition coefficient (Wildman–Crippen LogP) is 2.75. The van der Waals surface area contributed by atoms with Crippen molar-refractivity contribution in [3.05, 3.63) is 0 Å². The number of rotatable bonds is 5. The number of hydrogen-bond acceptors (Lipinski definition) is 1. The van der Waals surface area contributed by atoms with Crippen molar-refractivity contribution in [2.24, 2.45) is 0 Å². The molecular weight excluding hydrogens is 148 g/mol. The van der Waals surface area contributed by atoms with Gasteiger partial charge in [0.25, 0.3) is 0 Å². The Morgan fingerprint density at radius 1 is 1.33 bits per heavy atom. The van der Waals surface area contributed by atoms with Gasteiger partial charge in [0.05, 0.1) is 12.2 Å². The molecular formula is C11H18O. The molecule has 1 atom stereocenters. The molecule has 1 saturated heterocycles. The third kappa shape index (κ3) is 3.78. The van der Waals surface area contributed by atoms with Gasteiger partial charge in [-0.1, -0.05) is 12.8 Å². The van der Waals surface area contributed by atoms with Crippen molar-refractivity contribution in [2.75, 3.05) is 6.61 Å². The van der Waals surface area contributed by atoms with Gasteiger partial charge in [-0.2, -0.15) is 0 Å². The minimum absolute atomic E-state index is 0.260. The zero-order valence-electron chi connectivity index (χ0n) is 8.15. The zero-order valence-corrected chi connectivity index (χ0v) is 8.15. The van der Waals surface area contributed by atoms with Crippen LogP contribution in [0.1, 0.15) is 46.0 Å². The van der Waals surface area contributed by atoms with Crippen molar-refractivity contribution in [3.8, 4) is 11.8 Å². The smallest absolute Gasteiger partial charge is 0.0888 e. The molecule has 0 unspecified atom stereocenters. The van der Waals surface area contributed by atoms with Crippen molar-refractivity contribution in [3.63, 3.8) is 0 Å². The lowest BCUT2D eigenvalue weighted by Gasteiger charge is -2.02. The van der Waals surface area contributed by atoms with Crippen molar-refractivity contribution < 1.29 is 4.74 Å². The maximum absolute atomic E-state index is 5.30. The third-order valence-electron chi connectivity index (χ3n) is 2.32. The summed E-state index contributed by atoms with van der Waals surface area (Å²) >= 11 is 0. The minimum atomic E-state index is 0.260. The molecule has 1 fully saturated rings. The Balaban J connectivity index is 1.85. The molecule has 0 radical (unpaired) electrons. The van der Waals surface area contributed by atoms with E-state index in [4.69, 9.17) is 4.74 Å². The second-order valence-corrected chi connectivity index (χ2v) is 3.73. The third-order valence-corrected chi connectivity index (χ3v) is 2.32. The van der Waals surface area contributed by atoms with E-state index in [1.54, 1.807) is 0 Å². The summed E-state index contributed by atoms with van der Waals surface area (Å²) in [5.74, 6) is 5.99. The van der Waals surface area contributed by atoms with E-state index in [9.17, 15) is 0 Å². The lowest BCUT2D eigenvalue weighted by Crippen LogP contribution is -2.02. The molecule has 12 heavy (non-hydrogen) atoms. The fourth-order valence-corrected chi connectivity index (χ4v) is 1.28. The summed E-state index contributed by atoms with van der Waals surface area (Å²) in [5.41, 5.74) is 0.260. The Morgan fingerprint density at radius 2 is 2.08 bits per heavy atom. The molecule has 0 aromatic carbocycles. The van der Waals surface area contributed by atoms with Crippen LogP contribution in [-0.2, 0) is 4.74 Å². The van der Waals surface area contributed by atoms with Crippen LogP contribution in [0.2, 0.25) is 0 Å². The molecule has 0 aromatic heterocycles. The van der Waals surface area contributed by atoms with Crippen LogP contribution < -0.4 is 0 Å². The molecule has 68 valence electrons. The van der Waals surface area contributed by atoms with E-state index < -0.39 is 0 Å². The first-order valence-electron chi connectivity index (χ1n) is 4.80. The molecule has 1 nitrogen and oxygen atoms in total. The first kappa shape index (κ1) is 9.61. The Bertz CT molecular complexity index is 181. The summed E-state index contributed by atoms with van der Waals surface area (Å²) in [6, 6.07) is 0. The molecule has 0 N–H and O–H groups in total. The average molecular weight is 166 g/mol. The fraction of sp³-hybridized carbons (Fsp3) is 0.818. The van der Waals surface area contributed by atoms with Crippen LogP contribution in [0.3, 0.4) is 0 Å². The summed E-state index contributed by atoms with van der Waals surface area (Å²) in [6.45, 7) is 5.07. The first-order valence-corrected chi connectivity index (χ1v) is 4.80. The Morgan fingerprint density at radius 3 is 2.67 bits per heavy atom. The van der Waals surface area contributed by atoms with E-state index in [-0.39, 0.29) is 5.60 Å². The van der Waals surface area contributed by atoms with Gasteiger partial charge in [0.2, 0.25) is 0 Å². The lowest BCUT2D eigenvalue weighted by atomic mass is 10.0. The number of unbranched alkanes of at least 4 members (excludes halogenated alkanes) is 3. The van der Waals surface area contributed by atoms with E-state index in [0.717, 1.165) is 13.0 Å². The van der Waals surface area contributed by atoms with Crippen molar-refractivity contribution >= 4 is 0 Å². The summed E-state index contributed by atoms with van der Waals surface area (Å²) in [7, 11) is 0. The standard InChI is InChI=1S/C11H18O/c1-3-4-5-6-7-8-9-11(2)10-12-11/h5-10H2,1-2H3/t11-/m0/s1. The van der Waals surface area contributed by atoms with Gasteiger partial charge in [0.1, 0.15) is 0 Å². The molecule has 0 saturated carbocycles. The number of epoxide rings is 1. The molecule has 0 bridgehead atoms. The van der Waals surface area contributed by atoms with Crippen LogP contribution in [-0.4, -0.2) is 12.2 Å². The zero-order chi connectivity index (χ0) is 8.86. The van der Waals surface area contributed by atoms with E-state index in [0.29, 0.717) is 0 Å². The molecule has 1 heterocycles. The van der Waals surface area contributed by atoms with Gasteiger partial charge in [-0.25, -0.2) is 0 Å². The Kier molecular flexibility index (Phi) is 3.62. The second-order valence-electron chi connectivity index (χ2n) is 3.73. The highest BCUT2D eigenvalue weighted by Gasteiger charge is 2.37. The maximum atomic E-state index is 5.30. The van der Waals surface area contributed by atoms with Crippen molar-refractivity contribution in [1.29, 1.82) is 0 Å². The Hall–Kier alpha value is -0.480. The highest BCUT2D eigenvalue weighted by Crippen LogP contribution is 2.31. The van der Waals surface area contributed by atoms with Gasteiger partial charge in [-0.3, -0.25) is 0 Å². The maximum Gasteiger partial charge on any atom is 0.0888 e. The number of hydrogen-bond donors (Lipinski definition) is 0. The largest absolute Gasteiger partial charge is 0.370 e. The molecule has 1 heteroatoms. The molecule has 0 spiro atoms. The monoisotopic (exact) mass is 166 g/mol. The molecule has 1 rings (SSSR count). The van der Waals surface area contributed by atoms with Crippen LogP contribution in [0, 0.1) is 11.8 Å². The van der Waals surface area contributed by atoms with E-state index in [1.165, 1.54) is 25.7 Å². The topological polar surface area (TPSA) is 12.5 Å². The van der Waals surface area contributed by atoms with Crippen LogP contribution in [0.5, 0.6) is 0 Å². The summed E-state index contributed by atoms with van der Waals surface area (Å²) in [4.78, 5) is 0. The average Bonchev–Trinajstić information content (AvgIpc) is 2.77. The van der Waals surface area contributed by atoms with E-state index in [2.05, 4.69) is 18.8 Å². The number of ether oxygens (including phenoxy) is 1. The summed E-state index contributed by atoms with van der Waals surface area (Å²) in [5, 5.41) is 0. The minimum Gasteiger partial charge on any atom is -0.370 e. The summed E-state index contributed by atoms with van der Waals surface area (Å²) < 4.78 is 5.30. The van der Waals surface area contributed by atoms with E-state index in [1.807, 2.05) is 6.92 Å². The molecule has 1 aliphatic heterocycles. The van der Waals surface area contributed by atoms with Gasteiger partial charge in [0.15, 0.2) is 0 Å². The Labute approximate surface area is 75.5 Å². The van der Waals surface area contributed by atoms with Gasteiger partial charge in [-0.05, 0) is 26.7 Å². The molecule has 0 amide bonds. The van der Waals surface area contributed by atoms with Gasteiger partial charge < -0.3 is 4.74 Å². The highest BCUT2D eigenvalue weighted by atomic mass is 16.6. The van der Waals surface area contributed by atoms with Gasteiger partial charge in [-0.15, -0.1) is 11.8 Å². The van der Waals surface area contributed by atoms with Crippen molar-refractivity contribution in [2.45, 2.75) is 51.6 Å². The summed E-state index contributed by atoms with van der Waals surface area (Å²) in [6.07, 6.45) is 6.13. The van der Waals surface area contributed by atoms with Crippen LogP contribution in [0.4, 0.5) is 0 Å². The first-order chi connectivity index (χ1) is 5.77. The van der Waals surface area contributed by atoms with Crippen LogP contribution in [0.15, 0.2) is 0 Å². The molecule has 0 aliphatic carbocycles. The predicted molar refractivity (Wildman–Crippen MR) is 50.9 cm³/mol. The van der Waals surface area contributed by atoms with E-state index >= 15 is 0 Å². The van der Waals surface area contributed by atoms with Crippen molar-refractivity contribution in [1.82, 2.24) is 0 Å². The highest BCUT2D eigenvalue weighted by molar-refractivity contribution is 4.94. The SMILES string of the molecule is CC#CCCCCC[C@@]1(C)CO1. The quantitative estimate of drug-likeness (QED) is 0.347. The lowest BCUT2D eigenvalue weighted by molar-refractivity contribution is 0.301. The van der Waals surface area contributed by atoms with Crippen LogP contribution >= 0.6 is 0 Å². The second kappa shape index (κ2) is 4.52. The molecule has 0 aromatic rings. The van der Waals surface area contributed by atoms with Gasteiger partial charge >= 0.3 is 0 Å². The normalized spacial score (nSPS) is 26.2. The van der Waals surface area contributed by atoms with Gasteiger partial charge in [0, 0.05) is 6.42 Å². The molecule has 1 aliphatic rings. The fourth-order valence-electron chi connectivity index (χ4n) is 1.28. The van der Waals surface area contributed by atoms with Crippen LogP contribution in [0.25, 0.3) is 0 Å².